The van der Waals surface area contributed by atoms with E-state index in [4.69, 9.17) is 15.0 Å². The van der Waals surface area contributed by atoms with E-state index in [2.05, 4.69) is 10.0 Å². The first-order valence-electron chi connectivity index (χ1n) is 5.89. The van der Waals surface area contributed by atoms with Crippen LogP contribution < -0.4 is 9.47 Å². The minimum absolute atomic E-state index is 0.401. The number of hydrogen-bond acceptors (Lipinski definition) is 4. The van der Waals surface area contributed by atoms with Crippen LogP contribution in [-0.4, -0.2) is 24.9 Å². The van der Waals surface area contributed by atoms with Crippen LogP contribution in [0.5, 0.6) is 11.5 Å². The maximum absolute atomic E-state index is 9.99. The Labute approximate surface area is 105 Å². The van der Waals surface area contributed by atoms with Gasteiger partial charge in [-0.2, -0.15) is 0 Å². The molecule has 0 fully saturated rings. The average molecular weight is 249 g/mol. The molecule has 18 heavy (non-hydrogen) atoms. The van der Waals surface area contributed by atoms with Gasteiger partial charge in [0.25, 0.3) is 0 Å². The van der Waals surface area contributed by atoms with Gasteiger partial charge in [-0.1, -0.05) is 11.2 Å². The van der Waals surface area contributed by atoms with E-state index in [0.717, 1.165) is 5.56 Å². The summed E-state index contributed by atoms with van der Waals surface area (Å²) in [6.07, 6.45) is 0.632. The van der Waals surface area contributed by atoms with Gasteiger partial charge in [-0.3, -0.25) is 0 Å². The van der Waals surface area contributed by atoms with E-state index in [-0.39, 0.29) is 0 Å². The molecule has 0 spiro atoms. The number of fused-ring (bicyclic) bond motifs is 1. The summed E-state index contributed by atoms with van der Waals surface area (Å²) in [6, 6.07) is 5.43. The van der Waals surface area contributed by atoms with Gasteiger partial charge in [0.2, 0.25) is 0 Å². The van der Waals surface area contributed by atoms with Crippen molar-refractivity contribution in [2.75, 3.05) is 19.8 Å². The first-order valence-corrected chi connectivity index (χ1v) is 5.89. The third-order valence-corrected chi connectivity index (χ3v) is 2.75. The molecule has 1 aliphatic heterocycles. The summed E-state index contributed by atoms with van der Waals surface area (Å²) >= 11 is 0. The number of ether oxygens (including phenoxy) is 2. The Balaban J connectivity index is 1.97. The Morgan fingerprint density at radius 3 is 2.89 bits per heavy atom. The molecule has 0 saturated heterocycles. The Kier molecular flexibility index (Phi) is 4.28. The molecule has 0 bridgehead atoms. The Morgan fingerprint density at radius 2 is 2.11 bits per heavy atom. The molecule has 0 radical (unpaired) electrons. The van der Waals surface area contributed by atoms with Crippen LogP contribution in [0.1, 0.15) is 24.5 Å². The first-order chi connectivity index (χ1) is 8.81. The van der Waals surface area contributed by atoms with E-state index in [1.54, 1.807) is 12.1 Å². The highest BCUT2D eigenvalue weighted by Crippen LogP contribution is 2.33. The number of nitrogens with zero attached hydrogens (tertiary/aromatic N) is 3. The van der Waals surface area contributed by atoms with Gasteiger partial charge in [-0.15, -0.1) is 0 Å². The standard InChI is InChI=1S/C12H15N3O3/c13-15-14-5-1-2-10(16)9-3-4-11-12(8-9)18-7-6-17-11/h3-4,8,10,16H,1-2,5-7H2. The van der Waals surface area contributed by atoms with Crippen molar-refractivity contribution in [1.82, 2.24) is 0 Å². The van der Waals surface area contributed by atoms with Crippen LogP contribution in [-0.2, 0) is 0 Å². The summed E-state index contributed by atoms with van der Waals surface area (Å²) in [4.78, 5) is 2.67. The van der Waals surface area contributed by atoms with Gasteiger partial charge < -0.3 is 14.6 Å². The smallest absolute Gasteiger partial charge is 0.161 e. The third kappa shape index (κ3) is 3.06. The van der Waals surface area contributed by atoms with Gasteiger partial charge >= 0.3 is 0 Å². The summed E-state index contributed by atoms with van der Waals surface area (Å²) in [7, 11) is 0. The molecule has 1 aliphatic rings. The van der Waals surface area contributed by atoms with Crippen LogP contribution in [0.15, 0.2) is 23.3 Å². The molecule has 1 heterocycles. The monoisotopic (exact) mass is 249 g/mol. The molecule has 1 N–H and O–H groups in total. The summed E-state index contributed by atoms with van der Waals surface area (Å²) in [5, 5.41) is 13.4. The number of hydrogen-bond donors (Lipinski definition) is 1. The number of benzene rings is 1. The normalized spacial score (nSPS) is 14.7. The minimum Gasteiger partial charge on any atom is -0.486 e. The van der Waals surface area contributed by atoms with Crippen molar-refractivity contribution in [3.05, 3.63) is 34.2 Å². The molecule has 96 valence electrons. The van der Waals surface area contributed by atoms with Gasteiger partial charge in [0, 0.05) is 11.5 Å². The zero-order chi connectivity index (χ0) is 12.8. The van der Waals surface area contributed by atoms with Crippen LogP contribution in [0.4, 0.5) is 0 Å². The maximum atomic E-state index is 9.99. The second-order valence-electron chi connectivity index (χ2n) is 4.02. The number of aliphatic hydroxyl groups excluding tert-OH is 1. The molecular formula is C12H15N3O3. The lowest BCUT2D eigenvalue weighted by atomic mass is 10.0. The lowest BCUT2D eigenvalue weighted by Gasteiger charge is -2.20. The second kappa shape index (κ2) is 6.14. The molecule has 2 rings (SSSR count). The van der Waals surface area contributed by atoms with Gasteiger partial charge in [-0.25, -0.2) is 0 Å². The summed E-state index contributed by atoms with van der Waals surface area (Å²) in [5.74, 6) is 1.39. The molecule has 0 amide bonds. The summed E-state index contributed by atoms with van der Waals surface area (Å²) in [6.45, 7) is 1.49. The molecule has 1 unspecified atom stereocenters. The SMILES string of the molecule is [N-]=[N+]=NCCCC(O)c1ccc2c(c1)OCCO2. The predicted octanol–water partition coefficient (Wildman–Crippen LogP) is 2.58. The van der Waals surface area contributed by atoms with Crippen LogP contribution in [0, 0.1) is 0 Å². The molecule has 6 heteroatoms. The van der Waals surface area contributed by atoms with Crippen molar-refractivity contribution in [2.24, 2.45) is 5.11 Å². The quantitative estimate of drug-likeness (QED) is 0.376. The maximum Gasteiger partial charge on any atom is 0.161 e. The van der Waals surface area contributed by atoms with Gasteiger partial charge in [0.05, 0.1) is 6.10 Å². The van der Waals surface area contributed by atoms with Crippen LogP contribution in [0.25, 0.3) is 10.4 Å². The highest BCUT2D eigenvalue weighted by Gasteiger charge is 2.14. The van der Waals surface area contributed by atoms with Gasteiger partial charge in [-0.05, 0) is 36.1 Å². The molecule has 1 atom stereocenters. The van der Waals surface area contributed by atoms with Gasteiger partial charge in [0.1, 0.15) is 13.2 Å². The van der Waals surface area contributed by atoms with Crippen molar-refractivity contribution in [1.29, 1.82) is 0 Å². The average Bonchev–Trinajstić information content (AvgIpc) is 2.43. The van der Waals surface area contributed by atoms with Crippen molar-refractivity contribution in [3.63, 3.8) is 0 Å². The van der Waals surface area contributed by atoms with Crippen molar-refractivity contribution < 1.29 is 14.6 Å². The fraction of sp³-hybridized carbons (Fsp3) is 0.500. The Morgan fingerprint density at radius 1 is 1.33 bits per heavy atom. The molecular weight excluding hydrogens is 234 g/mol. The Hall–Kier alpha value is -1.91. The zero-order valence-corrected chi connectivity index (χ0v) is 9.95. The van der Waals surface area contributed by atoms with E-state index in [1.165, 1.54) is 0 Å². The molecule has 0 saturated carbocycles. The Bertz CT molecular complexity index is 458. The number of aliphatic hydroxyl groups is 1. The molecule has 0 aromatic heterocycles. The van der Waals surface area contributed by atoms with Crippen LogP contribution in [0.3, 0.4) is 0 Å². The predicted molar refractivity (Wildman–Crippen MR) is 65.6 cm³/mol. The first kappa shape index (κ1) is 12.5. The largest absolute Gasteiger partial charge is 0.486 e. The summed E-state index contributed by atoms with van der Waals surface area (Å²) in [5.41, 5.74) is 8.94. The van der Waals surface area contributed by atoms with E-state index < -0.39 is 6.10 Å². The zero-order valence-electron chi connectivity index (χ0n) is 9.95. The highest BCUT2D eigenvalue weighted by atomic mass is 16.6. The fourth-order valence-corrected chi connectivity index (χ4v) is 1.83. The number of azide groups is 1. The van der Waals surface area contributed by atoms with Crippen molar-refractivity contribution in [2.45, 2.75) is 18.9 Å². The molecule has 1 aromatic rings. The third-order valence-electron chi connectivity index (χ3n) is 2.75. The van der Waals surface area contributed by atoms with Gasteiger partial charge in [0.15, 0.2) is 11.5 Å². The second-order valence-corrected chi connectivity index (χ2v) is 4.02. The fourth-order valence-electron chi connectivity index (χ4n) is 1.83. The van der Waals surface area contributed by atoms with E-state index >= 15 is 0 Å². The van der Waals surface area contributed by atoms with E-state index in [0.29, 0.717) is 44.1 Å². The molecule has 6 nitrogen and oxygen atoms in total. The van der Waals surface area contributed by atoms with Crippen LogP contribution in [0.2, 0.25) is 0 Å². The molecule has 1 aromatic carbocycles. The van der Waals surface area contributed by atoms with E-state index in [9.17, 15) is 5.11 Å². The lowest BCUT2D eigenvalue weighted by Crippen LogP contribution is -2.15. The minimum atomic E-state index is -0.574. The van der Waals surface area contributed by atoms with Crippen molar-refractivity contribution >= 4 is 0 Å². The molecule has 0 aliphatic carbocycles. The van der Waals surface area contributed by atoms with Crippen molar-refractivity contribution in [3.8, 4) is 11.5 Å². The van der Waals surface area contributed by atoms with E-state index in [1.807, 2.05) is 6.07 Å². The number of rotatable bonds is 5. The summed E-state index contributed by atoms with van der Waals surface area (Å²) < 4.78 is 10.9. The highest BCUT2D eigenvalue weighted by molar-refractivity contribution is 5.44. The topological polar surface area (TPSA) is 87.5 Å². The van der Waals surface area contributed by atoms with Crippen LogP contribution >= 0.6 is 0 Å². The lowest BCUT2D eigenvalue weighted by molar-refractivity contribution is 0.158.